The number of esters is 1. The van der Waals surface area contributed by atoms with Gasteiger partial charge < -0.3 is 4.74 Å². The Bertz CT molecular complexity index is 281. The third-order valence-electron chi connectivity index (χ3n) is 2.01. The van der Waals surface area contributed by atoms with Gasteiger partial charge >= 0.3 is 5.97 Å². The summed E-state index contributed by atoms with van der Waals surface area (Å²) in [6.45, 7) is 10.5. The first-order valence-electron chi connectivity index (χ1n) is 5.67. The maximum Gasteiger partial charge on any atom is 0.331 e. The van der Waals surface area contributed by atoms with Gasteiger partial charge in [0.15, 0.2) is 6.04 Å². The van der Waals surface area contributed by atoms with Crippen molar-refractivity contribution in [1.29, 1.82) is 0 Å². The summed E-state index contributed by atoms with van der Waals surface area (Å²) in [5.74, 6) is -0.878. The van der Waals surface area contributed by atoms with Crippen LogP contribution in [0.1, 0.15) is 41.5 Å². The van der Waals surface area contributed by atoms with Crippen molar-refractivity contribution in [1.82, 2.24) is 5.06 Å². The van der Waals surface area contributed by atoms with Crippen molar-refractivity contribution in [3.8, 4) is 0 Å². The van der Waals surface area contributed by atoms with Crippen LogP contribution in [0.3, 0.4) is 0 Å². The molecule has 100 valence electrons. The van der Waals surface area contributed by atoms with Crippen molar-refractivity contribution in [2.45, 2.75) is 53.2 Å². The Morgan fingerprint density at radius 3 is 1.88 bits per heavy atom. The van der Waals surface area contributed by atoms with E-state index in [0.717, 1.165) is 5.06 Å². The molecule has 5 nitrogen and oxygen atoms in total. The van der Waals surface area contributed by atoms with E-state index in [2.05, 4.69) is 0 Å². The third kappa shape index (κ3) is 5.17. The fourth-order valence-corrected chi connectivity index (χ4v) is 1.37. The van der Waals surface area contributed by atoms with Crippen molar-refractivity contribution in [2.24, 2.45) is 5.92 Å². The molecule has 0 aromatic heterocycles. The number of nitrogens with zero attached hydrogens (tertiary/aromatic N) is 1. The van der Waals surface area contributed by atoms with Crippen LogP contribution in [0.2, 0.25) is 0 Å². The number of methoxy groups -OCH3 is 1. The molecule has 5 heteroatoms. The van der Waals surface area contributed by atoms with Gasteiger partial charge in [0.2, 0.25) is 5.91 Å². The first-order valence-corrected chi connectivity index (χ1v) is 5.67. The van der Waals surface area contributed by atoms with Crippen LogP contribution in [-0.2, 0) is 19.2 Å². The molecule has 0 aliphatic rings. The van der Waals surface area contributed by atoms with Crippen molar-refractivity contribution in [3.05, 3.63) is 0 Å². The van der Waals surface area contributed by atoms with Crippen LogP contribution in [0.15, 0.2) is 0 Å². The minimum Gasteiger partial charge on any atom is -0.467 e. The average Bonchev–Trinajstić information content (AvgIpc) is 2.13. The van der Waals surface area contributed by atoms with E-state index in [9.17, 15) is 9.59 Å². The zero-order valence-corrected chi connectivity index (χ0v) is 11.7. The van der Waals surface area contributed by atoms with E-state index < -0.39 is 17.6 Å². The summed E-state index contributed by atoms with van der Waals surface area (Å²) < 4.78 is 4.71. The Morgan fingerprint density at radius 2 is 1.65 bits per heavy atom. The van der Waals surface area contributed by atoms with Gasteiger partial charge in [-0.3, -0.25) is 9.63 Å². The van der Waals surface area contributed by atoms with Crippen LogP contribution in [0.25, 0.3) is 0 Å². The van der Waals surface area contributed by atoms with Crippen LogP contribution < -0.4 is 0 Å². The standard InChI is InChI=1S/C12H23NO4/c1-8(2)10(11(15)16-7)13(9(3)14)17-12(4,5)6/h8,10H,1-7H3. The van der Waals surface area contributed by atoms with Gasteiger partial charge in [-0.2, -0.15) is 0 Å². The van der Waals surface area contributed by atoms with Gasteiger partial charge in [-0.25, -0.2) is 9.86 Å². The Kier molecular flexibility index (Phi) is 5.61. The molecule has 0 saturated carbocycles. The molecule has 0 spiro atoms. The second kappa shape index (κ2) is 6.00. The number of amides is 1. The number of hydroxylamine groups is 2. The molecule has 0 rings (SSSR count). The summed E-state index contributed by atoms with van der Waals surface area (Å²) in [6.07, 6.45) is 0. The summed E-state index contributed by atoms with van der Waals surface area (Å²) in [4.78, 5) is 28.8. The summed E-state index contributed by atoms with van der Waals surface area (Å²) in [5, 5.41) is 1.11. The van der Waals surface area contributed by atoms with E-state index in [-0.39, 0.29) is 11.8 Å². The van der Waals surface area contributed by atoms with Crippen LogP contribution in [0.5, 0.6) is 0 Å². The van der Waals surface area contributed by atoms with E-state index in [1.165, 1.54) is 14.0 Å². The Morgan fingerprint density at radius 1 is 1.18 bits per heavy atom. The van der Waals surface area contributed by atoms with E-state index in [1.807, 2.05) is 34.6 Å². The van der Waals surface area contributed by atoms with E-state index in [0.29, 0.717) is 0 Å². The van der Waals surface area contributed by atoms with Crippen LogP contribution in [0, 0.1) is 5.92 Å². The molecular weight excluding hydrogens is 222 g/mol. The highest BCUT2D eigenvalue weighted by atomic mass is 16.7. The second-order valence-corrected chi connectivity index (χ2v) is 5.26. The van der Waals surface area contributed by atoms with E-state index in [4.69, 9.17) is 9.57 Å². The van der Waals surface area contributed by atoms with Crippen molar-refractivity contribution >= 4 is 11.9 Å². The Hall–Kier alpha value is -1.10. The van der Waals surface area contributed by atoms with Gasteiger partial charge in [0.25, 0.3) is 0 Å². The lowest BCUT2D eigenvalue weighted by atomic mass is 10.0. The smallest absolute Gasteiger partial charge is 0.331 e. The lowest BCUT2D eigenvalue weighted by molar-refractivity contribution is -0.247. The van der Waals surface area contributed by atoms with Crippen LogP contribution >= 0.6 is 0 Å². The van der Waals surface area contributed by atoms with Gasteiger partial charge in [0.1, 0.15) is 0 Å². The molecule has 0 aliphatic heterocycles. The fraction of sp³-hybridized carbons (Fsp3) is 0.833. The topological polar surface area (TPSA) is 55.8 Å². The number of hydrogen-bond acceptors (Lipinski definition) is 4. The third-order valence-corrected chi connectivity index (χ3v) is 2.01. The van der Waals surface area contributed by atoms with Gasteiger partial charge in [-0.15, -0.1) is 0 Å². The minimum atomic E-state index is -0.725. The molecule has 1 unspecified atom stereocenters. The Balaban J connectivity index is 5.11. The molecule has 0 bridgehead atoms. The van der Waals surface area contributed by atoms with Crippen LogP contribution in [0.4, 0.5) is 0 Å². The molecule has 0 radical (unpaired) electrons. The van der Waals surface area contributed by atoms with Crippen molar-refractivity contribution in [3.63, 3.8) is 0 Å². The molecule has 0 fully saturated rings. The lowest BCUT2D eigenvalue weighted by Gasteiger charge is -2.35. The second-order valence-electron chi connectivity index (χ2n) is 5.26. The molecule has 1 amide bonds. The highest BCUT2D eigenvalue weighted by Crippen LogP contribution is 2.19. The molecule has 0 N–H and O–H groups in total. The number of ether oxygens (including phenoxy) is 1. The number of carbonyl (C=O) groups excluding carboxylic acids is 2. The largest absolute Gasteiger partial charge is 0.467 e. The molecule has 0 aromatic carbocycles. The van der Waals surface area contributed by atoms with E-state index >= 15 is 0 Å². The van der Waals surface area contributed by atoms with Crippen molar-refractivity contribution in [2.75, 3.05) is 7.11 Å². The SMILES string of the molecule is COC(=O)C(C(C)C)N(OC(C)(C)C)C(C)=O. The first-order chi connectivity index (χ1) is 7.60. The summed E-state index contributed by atoms with van der Waals surface area (Å²) >= 11 is 0. The molecule has 0 aromatic rings. The van der Waals surface area contributed by atoms with E-state index in [1.54, 1.807) is 0 Å². The number of hydrogen-bond donors (Lipinski definition) is 0. The quantitative estimate of drug-likeness (QED) is 0.559. The maximum absolute atomic E-state index is 11.7. The lowest BCUT2D eigenvalue weighted by Crippen LogP contribution is -2.50. The molecule has 1 atom stereocenters. The maximum atomic E-state index is 11.7. The first kappa shape index (κ1) is 15.9. The predicted octanol–water partition coefficient (Wildman–Crippen LogP) is 1.76. The summed E-state index contributed by atoms with van der Waals surface area (Å²) in [5.41, 5.74) is -0.549. The summed E-state index contributed by atoms with van der Waals surface area (Å²) in [6, 6.07) is -0.725. The Labute approximate surface area is 103 Å². The molecular formula is C12H23NO4. The molecule has 0 heterocycles. The monoisotopic (exact) mass is 245 g/mol. The normalized spacial score (nSPS) is 13.4. The zero-order valence-electron chi connectivity index (χ0n) is 11.7. The highest BCUT2D eigenvalue weighted by Gasteiger charge is 2.35. The van der Waals surface area contributed by atoms with Gasteiger partial charge in [0, 0.05) is 6.92 Å². The minimum absolute atomic E-state index is 0.0892. The fourth-order valence-electron chi connectivity index (χ4n) is 1.37. The molecule has 0 saturated heterocycles. The van der Waals surface area contributed by atoms with Gasteiger partial charge in [-0.1, -0.05) is 13.8 Å². The zero-order chi connectivity index (χ0) is 13.8. The van der Waals surface area contributed by atoms with Crippen LogP contribution in [-0.4, -0.2) is 35.7 Å². The number of carbonyl (C=O) groups is 2. The van der Waals surface area contributed by atoms with Gasteiger partial charge in [0.05, 0.1) is 12.7 Å². The predicted molar refractivity (Wildman–Crippen MR) is 64.0 cm³/mol. The highest BCUT2D eigenvalue weighted by molar-refractivity contribution is 5.82. The molecule has 17 heavy (non-hydrogen) atoms. The van der Waals surface area contributed by atoms with Crippen molar-refractivity contribution < 1.29 is 19.2 Å². The number of rotatable bonds is 4. The summed E-state index contributed by atoms with van der Waals surface area (Å²) in [7, 11) is 1.30. The average molecular weight is 245 g/mol. The molecule has 0 aliphatic carbocycles. The van der Waals surface area contributed by atoms with Gasteiger partial charge in [-0.05, 0) is 26.7 Å².